The molecule has 0 saturated carbocycles. The molecule has 4 heterocycles. The van der Waals surface area contributed by atoms with Crippen LogP contribution in [0.1, 0.15) is 0 Å². The Morgan fingerprint density at radius 1 is 0.432 bits per heavy atom. The quantitative estimate of drug-likeness (QED) is 0.197. The molecule has 0 atom stereocenters. The first-order valence-corrected chi connectivity index (χ1v) is 15.2. The molecule has 0 bridgehead atoms. The smallest absolute Gasteiger partial charge is 0.252 e. The number of para-hydroxylation sites is 3. The fourth-order valence-electron chi connectivity index (χ4n) is 8.28. The molecule has 2 aliphatic rings. The Labute approximate surface area is 253 Å². The van der Waals surface area contributed by atoms with Gasteiger partial charge in [0.15, 0.2) is 0 Å². The van der Waals surface area contributed by atoms with Gasteiger partial charge in [-0.05, 0) is 76.3 Å². The molecule has 2 aliphatic heterocycles. The van der Waals surface area contributed by atoms with Crippen LogP contribution in [-0.2, 0) is 0 Å². The number of benzene rings is 7. The van der Waals surface area contributed by atoms with Gasteiger partial charge in [0.1, 0.15) is 11.5 Å². The van der Waals surface area contributed by atoms with E-state index in [1.807, 2.05) is 0 Å². The van der Waals surface area contributed by atoms with E-state index in [1.54, 1.807) is 0 Å². The number of ether oxygens (including phenoxy) is 1. The van der Waals surface area contributed by atoms with Gasteiger partial charge in [-0.2, -0.15) is 0 Å². The van der Waals surface area contributed by atoms with Crippen molar-refractivity contribution in [3.05, 3.63) is 140 Å². The number of nitrogens with zero attached hydrogens (tertiary/aromatic N) is 2. The number of aromatic nitrogens is 2. The average Bonchev–Trinajstić information content (AvgIpc) is 3.61. The molecule has 4 heteroatoms. The zero-order valence-corrected chi connectivity index (χ0v) is 23.7. The van der Waals surface area contributed by atoms with Gasteiger partial charge >= 0.3 is 0 Å². The summed E-state index contributed by atoms with van der Waals surface area (Å²) < 4.78 is 11.4. The Morgan fingerprint density at radius 2 is 1.07 bits per heavy atom. The van der Waals surface area contributed by atoms with Gasteiger partial charge in [-0.1, -0.05) is 90.4 Å². The van der Waals surface area contributed by atoms with Gasteiger partial charge in [0.2, 0.25) is 0 Å². The van der Waals surface area contributed by atoms with Crippen LogP contribution < -0.4 is 21.1 Å². The average molecular weight is 558 g/mol. The normalized spacial score (nSPS) is 13.1. The van der Waals surface area contributed by atoms with Crippen LogP contribution in [0.25, 0.3) is 65.8 Å². The minimum absolute atomic E-state index is 0.139. The fourth-order valence-corrected chi connectivity index (χ4v) is 8.28. The van der Waals surface area contributed by atoms with Crippen molar-refractivity contribution in [2.24, 2.45) is 0 Å². The van der Waals surface area contributed by atoms with Crippen LogP contribution in [0.15, 0.2) is 140 Å². The molecule has 9 aromatic rings. The van der Waals surface area contributed by atoms with Gasteiger partial charge in [0, 0.05) is 32.9 Å². The van der Waals surface area contributed by atoms with Gasteiger partial charge < -0.3 is 13.9 Å². The molecule has 11 rings (SSSR count). The number of fused-ring (bicyclic) bond motifs is 6. The Hall–Kier alpha value is -5.74. The molecule has 44 heavy (non-hydrogen) atoms. The molecular formula is C40H23BN2O. The van der Waals surface area contributed by atoms with Gasteiger partial charge in [-0.15, -0.1) is 0 Å². The lowest BCUT2D eigenvalue weighted by molar-refractivity contribution is 0.488. The lowest BCUT2D eigenvalue weighted by Gasteiger charge is -2.30. The Bertz CT molecular complexity index is 2660. The number of rotatable bonds is 2. The lowest BCUT2D eigenvalue weighted by atomic mass is 9.33. The second-order valence-electron chi connectivity index (χ2n) is 12.1. The van der Waals surface area contributed by atoms with Crippen molar-refractivity contribution in [2.75, 3.05) is 0 Å². The molecule has 0 unspecified atom stereocenters. The molecule has 2 aromatic heterocycles. The number of hydrogen-bond donors (Lipinski definition) is 0. The maximum absolute atomic E-state index is 6.58. The zero-order valence-electron chi connectivity index (χ0n) is 23.7. The highest BCUT2D eigenvalue weighted by atomic mass is 16.5. The molecular weight excluding hydrogens is 535 g/mol. The standard InChI is InChI=1S/C40H23BN2O/c1-4-16-31-27(12-1)28-13-2-5-17-32(28)42(31)25-10-8-11-26(23-25)43-33-20-19-24-9-7-15-30-37(24)38(33)39-34(43)21-22-36-40(39)41(30)29-14-3-6-18-35(29)44-36/h1-23H. The van der Waals surface area contributed by atoms with E-state index in [4.69, 9.17) is 4.74 Å². The molecule has 0 amide bonds. The highest BCUT2D eigenvalue weighted by Crippen LogP contribution is 2.42. The van der Waals surface area contributed by atoms with E-state index in [0.29, 0.717) is 0 Å². The minimum atomic E-state index is 0.139. The largest absolute Gasteiger partial charge is 0.458 e. The second-order valence-corrected chi connectivity index (χ2v) is 12.1. The van der Waals surface area contributed by atoms with E-state index in [9.17, 15) is 0 Å². The van der Waals surface area contributed by atoms with E-state index in [0.717, 1.165) is 22.9 Å². The summed E-state index contributed by atoms with van der Waals surface area (Å²) in [7, 11) is 0. The summed E-state index contributed by atoms with van der Waals surface area (Å²) in [5.41, 5.74) is 11.1. The van der Waals surface area contributed by atoms with Crippen molar-refractivity contribution in [1.82, 2.24) is 9.13 Å². The summed E-state index contributed by atoms with van der Waals surface area (Å²) >= 11 is 0. The van der Waals surface area contributed by atoms with Crippen LogP contribution >= 0.6 is 0 Å². The molecule has 0 saturated heterocycles. The van der Waals surface area contributed by atoms with Crippen molar-refractivity contribution in [3.8, 4) is 22.9 Å². The molecule has 0 aliphatic carbocycles. The molecule has 202 valence electrons. The second kappa shape index (κ2) is 8.00. The first-order chi connectivity index (χ1) is 21.8. The molecule has 7 aromatic carbocycles. The third kappa shape index (κ3) is 2.70. The maximum Gasteiger partial charge on any atom is 0.252 e. The van der Waals surface area contributed by atoms with Crippen LogP contribution in [0.2, 0.25) is 0 Å². The monoisotopic (exact) mass is 558 g/mol. The van der Waals surface area contributed by atoms with Gasteiger partial charge in [0.25, 0.3) is 6.71 Å². The summed E-state index contributed by atoms with van der Waals surface area (Å²) in [5, 5.41) is 7.82. The van der Waals surface area contributed by atoms with Gasteiger partial charge in [-0.25, -0.2) is 0 Å². The summed E-state index contributed by atoms with van der Waals surface area (Å²) in [6.07, 6.45) is 0. The Morgan fingerprint density at radius 3 is 1.89 bits per heavy atom. The summed E-state index contributed by atoms with van der Waals surface area (Å²) in [6, 6.07) is 50.8. The van der Waals surface area contributed by atoms with Crippen LogP contribution in [0.5, 0.6) is 11.5 Å². The third-order valence-electron chi connectivity index (χ3n) is 9.95. The molecule has 0 N–H and O–H groups in total. The van der Waals surface area contributed by atoms with E-state index in [1.165, 1.54) is 70.8 Å². The van der Waals surface area contributed by atoms with E-state index in [-0.39, 0.29) is 6.71 Å². The van der Waals surface area contributed by atoms with E-state index < -0.39 is 0 Å². The predicted octanol–water partition coefficient (Wildman–Crippen LogP) is 7.97. The molecule has 3 nitrogen and oxygen atoms in total. The predicted molar refractivity (Wildman–Crippen MR) is 184 cm³/mol. The summed E-state index contributed by atoms with van der Waals surface area (Å²) in [5.74, 6) is 1.92. The SMILES string of the molecule is c1cc(-n2c3ccccc3c3ccccc32)cc(-n2c3ccc4c5c3c3c6c(cccc6ccc32)B5c2ccccc2O4)c1. The maximum atomic E-state index is 6.58. The topological polar surface area (TPSA) is 19.1 Å². The van der Waals surface area contributed by atoms with Gasteiger partial charge in [0.05, 0.1) is 22.1 Å². The summed E-state index contributed by atoms with van der Waals surface area (Å²) in [4.78, 5) is 0. The number of hydrogen-bond acceptors (Lipinski definition) is 1. The lowest BCUT2D eigenvalue weighted by Crippen LogP contribution is -2.56. The molecule has 0 radical (unpaired) electrons. The fraction of sp³-hybridized carbons (Fsp3) is 0. The van der Waals surface area contributed by atoms with E-state index >= 15 is 0 Å². The van der Waals surface area contributed by atoms with Crippen LogP contribution in [0.4, 0.5) is 0 Å². The highest BCUT2D eigenvalue weighted by Gasteiger charge is 2.39. The van der Waals surface area contributed by atoms with Crippen LogP contribution in [0.3, 0.4) is 0 Å². The van der Waals surface area contributed by atoms with Crippen molar-refractivity contribution < 1.29 is 4.74 Å². The van der Waals surface area contributed by atoms with Crippen molar-refractivity contribution >= 4 is 77.5 Å². The molecule has 0 spiro atoms. The van der Waals surface area contributed by atoms with E-state index in [2.05, 4.69) is 149 Å². The third-order valence-corrected chi connectivity index (χ3v) is 9.95. The summed E-state index contributed by atoms with van der Waals surface area (Å²) in [6.45, 7) is 0.139. The first kappa shape index (κ1) is 22.8. The van der Waals surface area contributed by atoms with Crippen molar-refractivity contribution in [1.29, 1.82) is 0 Å². The van der Waals surface area contributed by atoms with Crippen LogP contribution in [-0.4, -0.2) is 15.8 Å². The Kier molecular flexibility index (Phi) is 4.15. The highest BCUT2D eigenvalue weighted by molar-refractivity contribution is 7.01. The molecule has 0 fully saturated rings. The Balaban J connectivity index is 1.25. The first-order valence-electron chi connectivity index (χ1n) is 15.2. The van der Waals surface area contributed by atoms with Gasteiger partial charge in [-0.3, -0.25) is 0 Å². The zero-order chi connectivity index (χ0) is 28.5. The van der Waals surface area contributed by atoms with Crippen molar-refractivity contribution in [3.63, 3.8) is 0 Å². The minimum Gasteiger partial charge on any atom is -0.458 e. The van der Waals surface area contributed by atoms with Crippen molar-refractivity contribution in [2.45, 2.75) is 0 Å². The van der Waals surface area contributed by atoms with Crippen LogP contribution in [0, 0.1) is 0 Å².